The lowest BCUT2D eigenvalue weighted by molar-refractivity contribution is 0.113. The van der Waals surface area contributed by atoms with E-state index in [0.717, 1.165) is 29.7 Å². The molecule has 2 rings (SSSR count). The van der Waals surface area contributed by atoms with Gasteiger partial charge in [-0.15, -0.1) is 0 Å². The van der Waals surface area contributed by atoms with Crippen LogP contribution >= 0.6 is 0 Å². The van der Waals surface area contributed by atoms with Crippen molar-refractivity contribution in [3.05, 3.63) is 0 Å². The lowest BCUT2D eigenvalue weighted by Gasteiger charge is -2.43. The monoisotopic (exact) mass is 209 g/mol. The van der Waals surface area contributed by atoms with Crippen molar-refractivity contribution in [2.45, 2.75) is 58.4 Å². The molecule has 0 spiro atoms. The lowest BCUT2D eigenvalue weighted by atomic mass is 9.67. The van der Waals surface area contributed by atoms with Crippen LogP contribution in [0.3, 0.4) is 0 Å². The summed E-state index contributed by atoms with van der Waals surface area (Å²) < 4.78 is 0. The second kappa shape index (κ2) is 4.86. The van der Waals surface area contributed by atoms with Crippen LogP contribution in [0.2, 0.25) is 0 Å². The molecule has 1 N–H and O–H groups in total. The first-order valence-electron chi connectivity index (χ1n) is 6.89. The van der Waals surface area contributed by atoms with Crippen molar-refractivity contribution in [2.75, 3.05) is 7.05 Å². The minimum Gasteiger partial charge on any atom is -0.316 e. The summed E-state index contributed by atoms with van der Waals surface area (Å²) in [6.45, 7) is 4.88. The van der Waals surface area contributed by atoms with Crippen molar-refractivity contribution in [3.63, 3.8) is 0 Å². The van der Waals surface area contributed by atoms with E-state index < -0.39 is 0 Å². The van der Waals surface area contributed by atoms with Gasteiger partial charge in [0.2, 0.25) is 0 Å². The van der Waals surface area contributed by atoms with E-state index in [-0.39, 0.29) is 0 Å². The highest BCUT2D eigenvalue weighted by molar-refractivity contribution is 4.90. The van der Waals surface area contributed by atoms with Gasteiger partial charge in [0.15, 0.2) is 0 Å². The Balaban J connectivity index is 1.90. The molecular formula is C14H27N. The average molecular weight is 209 g/mol. The molecule has 2 fully saturated rings. The molecular weight excluding hydrogens is 182 g/mol. The number of hydrogen-bond acceptors (Lipinski definition) is 1. The Kier molecular flexibility index (Phi) is 3.71. The quantitative estimate of drug-likeness (QED) is 0.750. The van der Waals surface area contributed by atoms with Gasteiger partial charge in [0.05, 0.1) is 0 Å². The van der Waals surface area contributed by atoms with Gasteiger partial charge in [-0.2, -0.15) is 0 Å². The molecule has 0 amide bonds. The van der Waals surface area contributed by atoms with E-state index in [9.17, 15) is 0 Å². The number of hydrogen-bond donors (Lipinski definition) is 1. The van der Waals surface area contributed by atoms with Crippen LogP contribution in [-0.2, 0) is 0 Å². The molecule has 2 aliphatic carbocycles. The first kappa shape index (κ1) is 11.4. The second-order valence-corrected chi connectivity index (χ2v) is 6.03. The molecule has 15 heavy (non-hydrogen) atoms. The summed E-state index contributed by atoms with van der Waals surface area (Å²) in [5.74, 6) is 3.87. The smallest absolute Gasteiger partial charge is 0.0121 e. The Hall–Kier alpha value is -0.0400. The van der Waals surface area contributed by atoms with E-state index in [1.807, 2.05) is 0 Å². The van der Waals surface area contributed by atoms with Gasteiger partial charge in [-0.05, 0) is 56.4 Å². The van der Waals surface area contributed by atoms with E-state index in [0.29, 0.717) is 0 Å². The molecule has 0 aliphatic heterocycles. The van der Waals surface area contributed by atoms with Crippen molar-refractivity contribution in [2.24, 2.45) is 23.7 Å². The Morgan fingerprint density at radius 2 is 1.67 bits per heavy atom. The van der Waals surface area contributed by atoms with Crippen molar-refractivity contribution in [1.29, 1.82) is 0 Å². The summed E-state index contributed by atoms with van der Waals surface area (Å²) in [5, 5.41) is 3.61. The molecule has 2 saturated carbocycles. The van der Waals surface area contributed by atoms with E-state index >= 15 is 0 Å². The molecule has 1 nitrogen and oxygen atoms in total. The first-order chi connectivity index (χ1) is 7.22. The SMILES string of the molecule is CNC(C1CCC1)C1CCC(C)C(C)C1. The van der Waals surface area contributed by atoms with Crippen molar-refractivity contribution >= 4 is 0 Å². The van der Waals surface area contributed by atoms with Crippen LogP contribution in [0.1, 0.15) is 52.4 Å². The highest BCUT2D eigenvalue weighted by Gasteiger charge is 2.35. The van der Waals surface area contributed by atoms with E-state index in [2.05, 4.69) is 26.2 Å². The van der Waals surface area contributed by atoms with Gasteiger partial charge in [-0.25, -0.2) is 0 Å². The van der Waals surface area contributed by atoms with Crippen molar-refractivity contribution in [3.8, 4) is 0 Å². The van der Waals surface area contributed by atoms with Gasteiger partial charge in [-0.1, -0.05) is 26.7 Å². The van der Waals surface area contributed by atoms with Crippen molar-refractivity contribution < 1.29 is 0 Å². The summed E-state index contributed by atoms with van der Waals surface area (Å²) in [6, 6.07) is 0.827. The molecule has 0 radical (unpaired) electrons. The summed E-state index contributed by atoms with van der Waals surface area (Å²) in [5.41, 5.74) is 0. The lowest BCUT2D eigenvalue weighted by Crippen LogP contribution is -2.45. The fourth-order valence-corrected chi connectivity index (χ4v) is 3.57. The summed E-state index contributed by atoms with van der Waals surface area (Å²) in [6.07, 6.45) is 8.81. The van der Waals surface area contributed by atoms with E-state index in [4.69, 9.17) is 0 Å². The fourth-order valence-electron chi connectivity index (χ4n) is 3.57. The molecule has 0 aromatic heterocycles. The number of rotatable bonds is 3. The summed E-state index contributed by atoms with van der Waals surface area (Å²) >= 11 is 0. The third-order valence-corrected chi connectivity index (χ3v) is 5.14. The van der Waals surface area contributed by atoms with Crippen LogP contribution in [0.25, 0.3) is 0 Å². The second-order valence-electron chi connectivity index (χ2n) is 6.03. The summed E-state index contributed by atoms with van der Waals surface area (Å²) in [4.78, 5) is 0. The van der Waals surface area contributed by atoms with Crippen LogP contribution in [0.4, 0.5) is 0 Å². The number of nitrogens with one attached hydrogen (secondary N) is 1. The average Bonchev–Trinajstić information content (AvgIpc) is 2.16. The zero-order valence-corrected chi connectivity index (χ0v) is 10.6. The maximum atomic E-state index is 3.61. The molecule has 88 valence electrons. The van der Waals surface area contributed by atoms with Crippen LogP contribution in [-0.4, -0.2) is 13.1 Å². The van der Waals surface area contributed by atoms with Gasteiger partial charge in [0, 0.05) is 6.04 Å². The Bertz CT molecular complexity index is 198. The standard InChI is InChI=1S/C14H27N/c1-10-7-8-13(9-11(10)2)14(15-3)12-5-4-6-12/h10-15H,4-9H2,1-3H3. The van der Waals surface area contributed by atoms with E-state index in [1.165, 1.54) is 38.5 Å². The zero-order valence-electron chi connectivity index (χ0n) is 10.6. The fraction of sp³-hybridized carbons (Fsp3) is 1.00. The van der Waals surface area contributed by atoms with Gasteiger partial charge in [-0.3, -0.25) is 0 Å². The third-order valence-electron chi connectivity index (χ3n) is 5.14. The third kappa shape index (κ3) is 2.38. The predicted molar refractivity (Wildman–Crippen MR) is 65.9 cm³/mol. The van der Waals surface area contributed by atoms with Crippen LogP contribution in [0, 0.1) is 23.7 Å². The summed E-state index contributed by atoms with van der Waals surface area (Å²) in [7, 11) is 2.17. The topological polar surface area (TPSA) is 12.0 Å². The largest absolute Gasteiger partial charge is 0.316 e. The highest BCUT2D eigenvalue weighted by atomic mass is 14.9. The maximum Gasteiger partial charge on any atom is 0.0121 e. The first-order valence-corrected chi connectivity index (χ1v) is 6.89. The molecule has 0 aromatic rings. The molecule has 0 bridgehead atoms. The Labute approximate surface area is 95.0 Å². The molecule has 0 saturated heterocycles. The minimum atomic E-state index is 0.827. The van der Waals surface area contributed by atoms with Gasteiger partial charge in [0.25, 0.3) is 0 Å². The maximum absolute atomic E-state index is 3.61. The molecule has 4 atom stereocenters. The van der Waals surface area contributed by atoms with Gasteiger partial charge in [0.1, 0.15) is 0 Å². The van der Waals surface area contributed by atoms with E-state index in [1.54, 1.807) is 0 Å². The molecule has 0 heterocycles. The van der Waals surface area contributed by atoms with Crippen LogP contribution in [0.5, 0.6) is 0 Å². The van der Waals surface area contributed by atoms with Crippen molar-refractivity contribution in [1.82, 2.24) is 5.32 Å². The van der Waals surface area contributed by atoms with Crippen LogP contribution in [0.15, 0.2) is 0 Å². The Morgan fingerprint density at radius 3 is 2.13 bits per heavy atom. The molecule has 0 aromatic carbocycles. The molecule has 4 unspecified atom stereocenters. The molecule has 1 heteroatoms. The normalized spacial score (nSPS) is 39.8. The highest BCUT2D eigenvalue weighted by Crippen LogP contribution is 2.40. The van der Waals surface area contributed by atoms with Crippen LogP contribution < -0.4 is 5.32 Å². The Morgan fingerprint density at radius 1 is 0.933 bits per heavy atom. The molecule has 2 aliphatic rings. The predicted octanol–water partition coefficient (Wildman–Crippen LogP) is 3.45. The minimum absolute atomic E-state index is 0.827. The van der Waals surface area contributed by atoms with Gasteiger partial charge < -0.3 is 5.32 Å². The zero-order chi connectivity index (χ0) is 10.8. The van der Waals surface area contributed by atoms with Gasteiger partial charge >= 0.3 is 0 Å².